The summed E-state index contributed by atoms with van der Waals surface area (Å²) >= 11 is 0. The fourth-order valence-corrected chi connectivity index (χ4v) is 1.75. The molecule has 0 aliphatic carbocycles. The zero-order valence-corrected chi connectivity index (χ0v) is 11.7. The first-order valence-electron chi connectivity index (χ1n) is 6.42. The molecule has 0 aliphatic rings. The van der Waals surface area contributed by atoms with Crippen LogP contribution in [-0.2, 0) is 4.79 Å². The molecule has 0 heterocycles. The Balaban J connectivity index is 2.54. The van der Waals surface area contributed by atoms with Gasteiger partial charge in [0, 0.05) is 23.8 Å². The van der Waals surface area contributed by atoms with Crippen LogP contribution in [-0.4, -0.2) is 11.6 Å². The molecule has 0 aromatic heterocycles. The number of carbonyl (C=O) groups is 2. The molecule has 2 nitrogen and oxygen atoms in total. The number of rotatable bonds is 5. The lowest BCUT2D eigenvalue weighted by Gasteiger charge is -2.19. The van der Waals surface area contributed by atoms with Crippen LogP contribution in [0.25, 0.3) is 0 Å². The molecule has 0 N–H and O–H groups in total. The Labute approximate surface area is 109 Å². The molecule has 0 fully saturated rings. The van der Waals surface area contributed by atoms with Crippen LogP contribution >= 0.6 is 0 Å². The first kappa shape index (κ1) is 14.6. The molecule has 0 spiro atoms. The van der Waals surface area contributed by atoms with Gasteiger partial charge in [-0.25, -0.2) is 0 Å². The molecule has 1 unspecified atom stereocenters. The highest BCUT2D eigenvalue weighted by Crippen LogP contribution is 2.22. The van der Waals surface area contributed by atoms with Crippen LogP contribution in [0.15, 0.2) is 30.3 Å². The number of benzene rings is 1. The third-order valence-corrected chi connectivity index (χ3v) is 3.00. The predicted octanol–water partition coefficient (Wildman–Crippen LogP) is 3.90. The normalized spacial score (nSPS) is 13.1. The standard InChI is InChI=1S/C16H22O2/c1-12(11-15(18)16(2,3)4)10-14(17)13-8-6-5-7-9-13/h5-9,12H,10-11H2,1-4H3. The molecule has 1 atom stereocenters. The maximum atomic E-state index is 12.0. The van der Waals surface area contributed by atoms with Crippen molar-refractivity contribution < 1.29 is 9.59 Å². The van der Waals surface area contributed by atoms with E-state index >= 15 is 0 Å². The van der Waals surface area contributed by atoms with Crippen molar-refractivity contribution in [1.29, 1.82) is 0 Å². The van der Waals surface area contributed by atoms with Crippen molar-refractivity contribution in [2.45, 2.75) is 40.5 Å². The van der Waals surface area contributed by atoms with Gasteiger partial charge in [0.15, 0.2) is 5.78 Å². The van der Waals surface area contributed by atoms with E-state index in [9.17, 15) is 9.59 Å². The lowest BCUT2D eigenvalue weighted by atomic mass is 9.84. The average molecular weight is 246 g/mol. The zero-order valence-electron chi connectivity index (χ0n) is 11.7. The highest BCUT2D eigenvalue weighted by molar-refractivity contribution is 5.96. The quantitative estimate of drug-likeness (QED) is 0.738. The maximum absolute atomic E-state index is 12.0. The predicted molar refractivity (Wildman–Crippen MR) is 73.6 cm³/mol. The third kappa shape index (κ3) is 4.44. The van der Waals surface area contributed by atoms with E-state index in [1.165, 1.54) is 0 Å². The second kappa shape index (κ2) is 5.94. The summed E-state index contributed by atoms with van der Waals surface area (Å²) in [7, 11) is 0. The fraction of sp³-hybridized carbons (Fsp3) is 0.500. The lowest BCUT2D eigenvalue weighted by Crippen LogP contribution is -2.23. The van der Waals surface area contributed by atoms with Crippen LogP contribution in [0, 0.1) is 11.3 Å². The van der Waals surface area contributed by atoms with Crippen molar-refractivity contribution in [2.75, 3.05) is 0 Å². The lowest BCUT2D eigenvalue weighted by molar-refractivity contribution is -0.127. The number of carbonyl (C=O) groups excluding carboxylic acids is 2. The molecule has 0 radical (unpaired) electrons. The minimum Gasteiger partial charge on any atom is -0.299 e. The highest BCUT2D eigenvalue weighted by atomic mass is 16.1. The Morgan fingerprint density at radius 1 is 1.06 bits per heavy atom. The van der Waals surface area contributed by atoms with Crippen LogP contribution < -0.4 is 0 Å². The third-order valence-electron chi connectivity index (χ3n) is 3.00. The van der Waals surface area contributed by atoms with E-state index in [4.69, 9.17) is 0 Å². The number of hydrogen-bond acceptors (Lipinski definition) is 2. The molecule has 0 saturated heterocycles. The molecule has 98 valence electrons. The van der Waals surface area contributed by atoms with Gasteiger partial charge in [-0.15, -0.1) is 0 Å². The van der Waals surface area contributed by atoms with Crippen LogP contribution in [0.4, 0.5) is 0 Å². The second-order valence-corrected chi connectivity index (χ2v) is 5.98. The van der Waals surface area contributed by atoms with E-state index in [2.05, 4.69) is 0 Å². The first-order valence-corrected chi connectivity index (χ1v) is 6.42. The van der Waals surface area contributed by atoms with Crippen LogP contribution in [0.5, 0.6) is 0 Å². The molecule has 0 saturated carbocycles. The molecular formula is C16H22O2. The topological polar surface area (TPSA) is 34.1 Å². The van der Waals surface area contributed by atoms with Gasteiger partial charge in [-0.2, -0.15) is 0 Å². The first-order chi connectivity index (χ1) is 8.30. The molecule has 1 rings (SSSR count). The van der Waals surface area contributed by atoms with E-state index < -0.39 is 0 Å². The number of Topliss-reactive ketones (excluding diaryl/α,β-unsaturated/α-hetero) is 2. The van der Waals surface area contributed by atoms with Gasteiger partial charge in [-0.05, 0) is 5.92 Å². The summed E-state index contributed by atoms with van der Waals surface area (Å²) in [5, 5.41) is 0. The Morgan fingerprint density at radius 3 is 2.11 bits per heavy atom. The monoisotopic (exact) mass is 246 g/mol. The maximum Gasteiger partial charge on any atom is 0.163 e. The van der Waals surface area contributed by atoms with Gasteiger partial charge in [0.2, 0.25) is 0 Å². The summed E-state index contributed by atoms with van der Waals surface area (Å²) in [4.78, 5) is 23.9. The van der Waals surface area contributed by atoms with Crippen LogP contribution in [0.2, 0.25) is 0 Å². The Kier molecular flexibility index (Phi) is 4.83. The Morgan fingerprint density at radius 2 is 1.61 bits per heavy atom. The highest BCUT2D eigenvalue weighted by Gasteiger charge is 2.23. The van der Waals surface area contributed by atoms with Crippen LogP contribution in [0.1, 0.15) is 50.9 Å². The Bertz CT molecular complexity index is 412. The van der Waals surface area contributed by atoms with Crippen molar-refractivity contribution >= 4 is 11.6 Å². The molecule has 18 heavy (non-hydrogen) atoms. The van der Waals surface area contributed by atoms with Crippen molar-refractivity contribution in [2.24, 2.45) is 11.3 Å². The van der Waals surface area contributed by atoms with E-state index in [-0.39, 0.29) is 22.9 Å². The van der Waals surface area contributed by atoms with E-state index in [1.807, 2.05) is 58.0 Å². The molecule has 1 aromatic rings. The van der Waals surface area contributed by atoms with Gasteiger partial charge in [-0.1, -0.05) is 58.0 Å². The minimum atomic E-state index is -0.315. The van der Waals surface area contributed by atoms with Gasteiger partial charge in [0.25, 0.3) is 0 Å². The van der Waals surface area contributed by atoms with Crippen molar-refractivity contribution in [3.8, 4) is 0 Å². The van der Waals surface area contributed by atoms with Gasteiger partial charge in [-0.3, -0.25) is 9.59 Å². The van der Waals surface area contributed by atoms with Gasteiger partial charge in [0.1, 0.15) is 5.78 Å². The molecule has 0 bridgehead atoms. The SMILES string of the molecule is CC(CC(=O)c1ccccc1)CC(=O)C(C)(C)C. The fourth-order valence-electron chi connectivity index (χ4n) is 1.75. The molecule has 0 amide bonds. The molecular weight excluding hydrogens is 224 g/mol. The van der Waals surface area contributed by atoms with Gasteiger partial charge >= 0.3 is 0 Å². The summed E-state index contributed by atoms with van der Waals surface area (Å²) in [6.07, 6.45) is 0.911. The van der Waals surface area contributed by atoms with E-state index in [1.54, 1.807) is 0 Å². The van der Waals surface area contributed by atoms with Crippen molar-refractivity contribution in [3.63, 3.8) is 0 Å². The molecule has 2 heteroatoms. The number of ketones is 2. The summed E-state index contributed by atoms with van der Waals surface area (Å²) in [5.41, 5.74) is 0.414. The second-order valence-electron chi connectivity index (χ2n) is 5.98. The van der Waals surface area contributed by atoms with Crippen molar-refractivity contribution in [3.05, 3.63) is 35.9 Å². The van der Waals surface area contributed by atoms with E-state index in [0.717, 1.165) is 5.56 Å². The summed E-state index contributed by atoms with van der Waals surface area (Å²) < 4.78 is 0. The van der Waals surface area contributed by atoms with Gasteiger partial charge < -0.3 is 0 Å². The largest absolute Gasteiger partial charge is 0.299 e. The number of hydrogen-bond donors (Lipinski definition) is 0. The molecule has 1 aromatic carbocycles. The van der Waals surface area contributed by atoms with Crippen LogP contribution in [0.3, 0.4) is 0 Å². The molecule has 0 aliphatic heterocycles. The summed E-state index contributed by atoms with van der Waals surface area (Å²) in [5.74, 6) is 0.435. The van der Waals surface area contributed by atoms with Gasteiger partial charge in [0.05, 0.1) is 0 Å². The summed E-state index contributed by atoms with van der Waals surface area (Å²) in [6.45, 7) is 7.72. The Hall–Kier alpha value is -1.44. The zero-order chi connectivity index (χ0) is 13.8. The average Bonchev–Trinajstić information content (AvgIpc) is 2.28. The van der Waals surface area contributed by atoms with Crippen molar-refractivity contribution in [1.82, 2.24) is 0 Å². The summed E-state index contributed by atoms with van der Waals surface area (Å²) in [6, 6.07) is 9.25. The smallest absolute Gasteiger partial charge is 0.163 e. The van der Waals surface area contributed by atoms with E-state index in [0.29, 0.717) is 12.8 Å². The minimum absolute atomic E-state index is 0.101.